The highest BCUT2D eigenvalue weighted by atomic mass is 35.5. The van der Waals surface area contributed by atoms with Crippen molar-refractivity contribution in [3.05, 3.63) is 28.8 Å². The van der Waals surface area contributed by atoms with Gasteiger partial charge in [-0.2, -0.15) is 13.2 Å². The van der Waals surface area contributed by atoms with Gasteiger partial charge in [-0.3, -0.25) is 4.79 Å². The van der Waals surface area contributed by atoms with Crippen molar-refractivity contribution in [1.82, 2.24) is 0 Å². The molecular weight excluding hydrogens is 287 g/mol. The Labute approximate surface area is 110 Å². The number of anilines is 1. The van der Waals surface area contributed by atoms with Crippen LogP contribution in [0.3, 0.4) is 0 Å². The molecule has 19 heavy (non-hydrogen) atoms. The number of carbonyl (C=O) groups excluding carboxylic acids is 1. The number of nitrogens with one attached hydrogen (secondary N) is 1. The lowest BCUT2D eigenvalue weighted by Gasteiger charge is -2.11. The highest BCUT2D eigenvalue weighted by molar-refractivity contribution is 6.31. The molecule has 0 saturated heterocycles. The summed E-state index contributed by atoms with van der Waals surface area (Å²) in [5, 5.41) is 13.4. The first-order valence-corrected chi connectivity index (χ1v) is 5.25. The first kappa shape index (κ1) is 15.1. The Hall–Kier alpha value is -1.96. The summed E-state index contributed by atoms with van der Waals surface area (Å²) >= 11 is 5.66. The summed E-state index contributed by atoms with van der Waals surface area (Å²) in [4.78, 5) is 11.2. The van der Waals surface area contributed by atoms with Crippen LogP contribution in [0.15, 0.2) is 23.4 Å². The largest absolute Gasteiger partial charge is 0.409 e. The molecule has 0 aromatic heterocycles. The van der Waals surface area contributed by atoms with Crippen LogP contribution >= 0.6 is 11.6 Å². The van der Waals surface area contributed by atoms with Crippen LogP contribution < -0.4 is 11.1 Å². The zero-order chi connectivity index (χ0) is 14.6. The third-order valence-electron chi connectivity index (χ3n) is 2.00. The van der Waals surface area contributed by atoms with E-state index in [2.05, 4.69) is 5.16 Å². The standard InChI is InChI=1S/C10H9ClF3N3O2/c11-5-1-2-6(9(15)17-19)7(3-5)16-8(18)4-10(12,13)14/h1-3,19H,4H2,(H2,15,17)(H,16,18). The number of hydrogen-bond acceptors (Lipinski definition) is 3. The molecule has 0 aliphatic rings. The lowest BCUT2D eigenvalue weighted by atomic mass is 10.1. The van der Waals surface area contributed by atoms with Crippen molar-refractivity contribution in [3.8, 4) is 0 Å². The second-order valence-corrected chi connectivity index (χ2v) is 3.95. The molecule has 0 aliphatic heterocycles. The molecule has 0 heterocycles. The number of amides is 1. The Morgan fingerprint density at radius 3 is 2.63 bits per heavy atom. The van der Waals surface area contributed by atoms with E-state index in [0.717, 1.165) is 0 Å². The van der Waals surface area contributed by atoms with Crippen LogP contribution in [0.4, 0.5) is 18.9 Å². The number of nitrogens with two attached hydrogens (primary N) is 1. The molecule has 1 aromatic carbocycles. The molecule has 104 valence electrons. The molecule has 9 heteroatoms. The number of oxime groups is 1. The fourth-order valence-electron chi connectivity index (χ4n) is 1.27. The first-order chi connectivity index (χ1) is 8.73. The zero-order valence-corrected chi connectivity index (χ0v) is 10.1. The second-order valence-electron chi connectivity index (χ2n) is 3.52. The van der Waals surface area contributed by atoms with Crippen LogP contribution in [0, 0.1) is 0 Å². The van der Waals surface area contributed by atoms with Crippen LogP contribution in [0.5, 0.6) is 0 Å². The number of rotatable bonds is 3. The van der Waals surface area contributed by atoms with Gasteiger partial charge in [0.05, 0.1) is 5.69 Å². The van der Waals surface area contributed by atoms with Crippen LogP contribution in [-0.2, 0) is 4.79 Å². The fraction of sp³-hybridized carbons (Fsp3) is 0.200. The van der Waals surface area contributed by atoms with E-state index in [1.807, 2.05) is 5.32 Å². The molecule has 0 atom stereocenters. The van der Waals surface area contributed by atoms with E-state index in [9.17, 15) is 18.0 Å². The maximum atomic E-state index is 12.0. The summed E-state index contributed by atoms with van der Waals surface area (Å²) in [5.41, 5.74) is 5.32. The van der Waals surface area contributed by atoms with E-state index in [1.165, 1.54) is 18.2 Å². The van der Waals surface area contributed by atoms with Crippen molar-refractivity contribution < 1.29 is 23.2 Å². The minimum Gasteiger partial charge on any atom is -0.409 e. The van der Waals surface area contributed by atoms with Crippen molar-refractivity contribution in [1.29, 1.82) is 0 Å². The topological polar surface area (TPSA) is 87.7 Å². The molecule has 1 rings (SSSR count). The van der Waals surface area contributed by atoms with Gasteiger partial charge in [-0.05, 0) is 18.2 Å². The molecule has 4 N–H and O–H groups in total. The Kier molecular flexibility index (Phi) is 4.60. The molecule has 0 aliphatic carbocycles. The molecule has 0 spiro atoms. The van der Waals surface area contributed by atoms with Gasteiger partial charge in [0.15, 0.2) is 5.84 Å². The molecule has 1 aromatic rings. The highest BCUT2D eigenvalue weighted by Crippen LogP contribution is 2.24. The van der Waals surface area contributed by atoms with Gasteiger partial charge in [0.2, 0.25) is 5.91 Å². The lowest BCUT2D eigenvalue weighted by Crippen LogP contribution is -2.23. The van der Waals surface area contributed by atoms with Gasteiger partial charge in [0.1, 0.15) is 6.42 Å². The molecule has 0 saturated carbocycles. The summed E-state index contributed by atoms with van der Waals surface area (Å²) in [7, 11) is 0. The van der Waals surface area contributed by atoms with Crippen molar-refractivity contribution in [2.75, 3.05) is 5.32 Å². The van der Waals surface area contributed by atoms with Gasteiger partial charge in [-0.25, -0.2) is 0 Å². The number of alkyl halides is 3. The molecule has 0 fully saturated rings. The number of benzene rings is 1. The molecule has 0 unspecified atom stereocenters. The quantitative estimate of drug-likeness (QED) is 0.346. The van der Waals surface area contributed by atoms with E-state index in [1.54, 1.807) is 0 Å². The maximum absolute atomic E-state index is 12.0. The second kappa shape index (κ2) is 5.79. The molecule has 5 nitrogen and oxygen atoms in total. The van der Waals surface area contributed by atoms with Crippen LogP contribution in [-0.4, -0.2) is 23.1 Å². The fourth-order valence-corrected chi connectivity index (χ4v) is 1.45. The van der Waals surface area contributed by atoms with Crippen molar-refractivity contribution in [3.63, 3.8) is 0 Å². The van der Waals surface area contributed by atoms with Crippen molar-refractivity contribution >= 4 is 29.0 Å². The highest BCUT2D eigenvalue weighted by Gasteiger charge is 2.31. The minimum absolute atomic E-state index is 0.0578. The SMILES string of the molecule is NC(=NO)c1ccc(Cl)cc1NC(=O)CC(F)(F)F. The molecule has 1 amide bonds. The Balaban J connectivity index is 3.00. The molecule has 0 bridgehead atoms. The summed E-state index contributed by atoms with van der Waals surface area (Å²) in [6, 6.07) is 3.89. The van der Waals surface area contributed by atoms with Gasteiger partial charge in [0, 0.05) is 10.6 Å². The zero-order valence-electron chi connectivity index (χ0n) is 9.33. The van der Waals surface area contributed by atoms with Gasteiger partial charge in [-0.1, -0.05) is 16.8 Å². The van der Waals surface area contributed by atoms with Crippen LogP contribution in [0.25, 0.3) is 0 Å². The number of hydrogen-bond donors (Lipinski definition) is 3. The number of amidine groups is 1. The predicted molar refractivity (Wildman–Crippen MR) is 63.3 cm³/mol. The normalized spacial score (nSPS) is 12.3. The first-order valence-electron chi connectivity index (χ1n) is 4.87. The third-order valence-corrected chi connectivity index (χ3v) is 2.24. The number of halogens is 4. The molecule has 0 radical (unpaired) electrons. The minimum atomic E-state index is -4.63. The summed E-state index contributed by atoms with van der Waals surface area (Å²) < 4.78 is 36.1. The predicted octanol–water partition coefficient (Wildman–Crippen LogP) is 2.33. The van der Waals surface area contributed by atoms with Gasteiger partial charge >= 0.3 is 6.18 Å². The van der Waals surface area contributed by atoms with Crippen molar-refractivity contribution in [2.24, 2.45) is 10.9 Å². The van der Waals surface area contributed by atoms with E-state index in [4.69, 9.17) is 22.5 Å². The van der Waals surface area contributed by atoms with Crippen molar-refractivity contribution in [2.45, 2.75) is 12.6 Å². The third kappa shape index (κ3) is 4.66. The van der Waals surface area contributed by atoms with Crippen LogP contribution in [0.1, 0.15) is 12.0 Å². The smallest absolute Gasteiger partial charge is 0.397 e. The lowest BCUT2D eigenvalue weighted by molar-refractivity contribution is -0.150. The summed E-state index contributed by atoms with van der Waals surface area (Å²) in [6.07, 6.45) is -6.27. The van der Waals surface area contributed by atoms with Crippen LogP contribution in [0.2, 0.25) is 5.02 Å². The number of carbonyl (C=O) groups is 1. The van der Waals surface area contributed by atoms with E-state index in [0.29, 0.717) is 0 Å². The Morgan fingerprint density at radius 2 is 2.11 bits per heavy atom. The number of nitrogens with zero attached hydrogens (tertiary/aromatic N) is 1. The van der Waals surface area contributed by atoms with Gasteiger partial charge < -0.3 is 16.3 Å². The van der Waals surface area contributed by atoms with E-state index < -0.39 is 18.5 Å². The molecular formula is C10H9ClF3N3O2. The average molecular weight is 296 g/mol. The summed E-state index contributed by atoms with van der Waals surface area (Å²) in [6.45, 7) is 0. The Morgan fingerprint density at radius 1 is 1.47 bits per heavy atom. The monoisotopic (exact) mass is 295 g/mol. The van der Waals surface area contributed by atoms with Gasteiger partial charge in [-0.15, -0.1) is 0 Å². The Bertz CT molecular complexity index is 517. The average Bonchev–Trinajstić information content (AvgIpc) is 2.25. The van der Waals surface area contributed by atoms with E-state index in [-0.39, 0.29) is 22.1 Å². The van der Waals surface area contributed by atoms with Gasteiger partial charge in [0.25, 0.3) is 0 Å². The maximum Gasteiger partial charge on any atom is 0.397 e. The van der Waals surface area contributed by atoms with E-state index >= 15 is 0 Å². The summed E-state index contributed by atoms with van der Waals surface area (Å²) in [5.74, 6) is -1.64.